The maximum atomic E-state index is 11.8. The fraction of sp³-hybridized carbons (Fsp3) is 0. The average molecular weight is 517 g/mol. The smallest absolute Gasteiger partial charge is 0.282 e. The molecule has 0 saturated carbocycles. The Morgan fingerprint density at radius 1 is 0.472 bits per heavy atom. The summed E-state index contributed by atoms with van der Waals surface area (Å²) in [4.78, 5) is 8.74. The van der Waals surface area contributed by atoms with E-state index < -0.39 is 20.2 Å². The zero-order chi connectivity index (χ0) is 25.2. The Hall–Kier alpha value is -3.96. The summed E-state index contributed by atoms with van der Waals surface area (Å²) in [7, 11) is -8.89. The van der Waals surface area contributed by atoms with Crippen LogP contribution in [0.5, 0.6) is 0 Å². The van der Waals surface area contributed by atoms with Gasteiger partial charge in [-0.15, -0.1) is 0 Å². The van der Waals surface area contributed by atoms with Crippen molar-refractivity contribution in [2.45, 2.75) is 9.79 Å². The van der Waals surface area contributed by atoms with E-state index in [9.17, 15) is 25.9 Å². The van der Waals surface area contributed by atoms with Gasteiger partial charge < -0.3 is 0 Å². The maximum absolute atomic E-state index is 11.8. The van der Waals surface area contributed by atoms with Crippen LogP contribution in [0.4, 0.5) is 0 Å². The molecule has 0 unspecified atom stereocenters. The van der Waals surface area contributed by atoms with Crippen molar-refractivity contribution < 1.29 is 25.9 Å². The van der Waals surface area contributed by atoms with E-state index in [2.05, 4.69) is 9.97 Å². The van der Waals surface area contributed by atoms with Crippen LogP contribution >= 0.6 is 0 Å². The Morgan fingerprint density at radius 3 is 1.22 bits per heavy atom. The van der Waals surface area contributed by atoms with Gasteiger partial charge in [-0.3, -0.25) is 9.11 Å². The van der Waals surface area contributed by atoms with Crippen LogP contribution in [-0.2, 0) is 20.2 Å². The summed E-state index contributed by atoms with van der Waals surface area (Å²) in [5.41, 5.74) is 3.44. The highest BCUT2D eigenvalue weighted by Gasteiger charge is 2.20. The molecule has 4 aromatic carbocycles. The molecule has 0 aliphatic carbocycles. The highest BCUT2D eigenvalue weighted by molar-refractivity contribution is 7.86. The third-order valence-electron chi connectivity index (χ3n) is 6.15. The zero-order valence-corrected chi connectivity index (χ0v) is 20.0. The van der Waals surface area contributed by atoms with Crippen molar-refractivity contribution in [3.63, 3.8) is 0 Å². The Kier molecular flexibility index (Phi) is 4.86. The summed E-state index contributed by atoms with van der Waals surface area (Å²) in [6.07, 6.45) is 0. The number of aromatic nitrogens is 2. The Morgan fingerprint density at radius 2 is 0.833 bits per heavy atom. The molecule has 2 aromatic heterocycles. The van der Waals surface area contributed by atoms with Crippen molar-refractivity contribution in [3.8, 4) is 11.1 Å². The quantitative estimate of drug-likeness (QED) is 0.241. The van der Waals surface area contributed by atoms with Crippen LogP contribution < -0.4 is 0 Å². The van der Waals surface area contributed by atoms with Gasteiger partial charge in [-0.2, -0.15) is 16.8 Å². The van der Waals surface area contributed by atoms with Gasteiger partial charge >= 0.3 is 0 Å². The van der Waals surface area contributed by atoms with E-state index in [-0.39, 0.29) is 9.79 Å². The standard InChI is InChI=1S/C26H16N2O6S2/c29-35(30,31)15-9-11-19-23(13-15)27-21-7-3-1-5-17(21)25(19)26-18-6-2-4-8-22(18)28-24-14-16(36(32,33)34)10-12-20(24)26/h1-14H,(H,29,30,31)(H,32,33,34). The molecule has 178 valence electrons. The summed E-state index contributed by atoms with van der Waals surface area (Å²) >= 11 is 0. The van der Waals surface area contributed by atoms with Gasteiger partial charge in [-0.05, 0) is 36.4 Å². The second kappa shape index (κ2) is 7.77. The molecule has 2 heterocycles. The van der Waals surface area contributed by atoms with E-state index in [4.69, 9.17) is 0 Å². The molecule has 0 fully saturated rings. The van der Waals surface area contributed by atoms with E-state index in [1.165, 1.54) is 24.3 Å². The van der Waals surface area contributed by atoms with Gasteiger partial charge in [0.2, 0.25) is 0 Å². The summed E-state index contributed by atoms with van der Waals surface area (Å²) < 4.78 is 66.4. The Bertz CT molecular complexity index is 1950. The largest absolute Gasteiger partial charge is 0.294 e. The highest BCUT2D eigenvalue weighted by Crippen LogP contribution is 2.42. The summed E-state index contributed by atoms with van der Waals surface area (Å²) in [6, 6.07) is 23.3. The molecular weight excluding hydrogens is 500 g/mol. The minimum absolute atomic E-state index is 0.272. The molecule has 10 heteroatoms. The second-order valence-corrected chi connectivity index (χ2v) is 11.2. The van der Waals surface area contributed by atoms with Crippen LogP contribution in [0.15, 0.2) is 94.7 Å². The maximum Gasteiger partial charge on any atom is 0.294 e. The molecule has 8 nitrogen and oxygen atoms in total. The first-order valence-corrected chi connectivity index (χ1v) is 13.6. The fourth-order valence-corrected chi connectivity index (χ4v) is 5.61. The predicted molar refractivity (Wildman–Crippen MR) is 137 cm³/mol. The number of hydrogen-bond acceptors (Lipinski definition) is 6. The first kappa shape index (κ1) is 22.5. The predicted octanol–water partition coefficient (Wildman–Crippen LogP) is 5.25. The topological polar surface area (TPSA) is 135 Å². The minimum atomic E-state index is -4.44. The second-order valence-electron chi connectivity index (χ2n) is 8.32. The molecular formula is C26H16N2O6S2. The molecule has 6 rings (SSSR count). The molecule has 0 aliphatic heterocycles. The molecule has 0 amide bonds. The minimum Gasteiger partial charge on any atom is -0.282 e. The SMILES string of the molecule is O=S(=O)(O)c1ccc2c(-c3c4ccccc4nc4cc(S(=O)(=O)O)ccc34)c3ccccc3nc2c1. The van der Waals surface area contributed by atoms with Gasteiger partial charge in [0.05, 0.1) is 31.9 Å². The monoisotopic (exact) mass is 516 g/mol. The molecule has 0 spiro atoms. The van der Waals surface area contributed by atoms with Crippen molar-refractivity contribution in [2.75, 3.05) is 0 Å². The lowest BCUT2D eigenvalue weighted by molar-refractivity contribution is 0.481. The molecule has 0 radical (unpaired) electrons. The molecule has 0 saturated heterocycles. The Labute approximate surface area is 205 Å². The van der Waals surface area contributed by atoms with E-state index in [0.29, 0.717) is 32.8 Å². The number of hydrogen-bond donors (Lipinski definition) is 2. The number of nitrogens with zero attached hydrogens (tertiary/aromatic N) is 2. The van der Waals surface area contributed by atoms with E-state index in [0.717, 1.165) is 21.9 Å². The van der Waals surface area contributed by atoms with Gasteiger partial charge in [0, 0.05) is 32.7 Å². The van der Waals surface area contributed by atoms with Crippen molar-refractivity contribution in [2.24, 2.45) is 0 Å². The summed E-state index contributed by atoms with van der Waals surface area (Å²) in [5.74, 6) is 0. The summed E-state index contributed by atoms with van der Waals surface area (Å²) in [6.45, 7) is 0. The first-order chi connectivity index (χ1) is 17.1. The van der Waals surface area contributed by atoms with Gasteiger partial charge in [-0.25, -0.2) is 9.97 Å². The van der Waals surface area contributed by atoms with E-state index >= 15 is 0 Å². The number of fused-ring (bicyclic) bond motifs is 4. The fourth-order valence-electron chi connectivity index (χ4n) is 4.61. The lowest BCUT2D eigenvalue weighted by Gasteiger charge is -2.16. The molecule has 0 aliphatic rings. The zero-order valence-electron chi connectivity index (χ0n) is 18.3. The van der Waals surface area contributed by atoms with Gasteiger partial charge in [0.15, 0.2) is 0 Å². The first-order valence-electron chi connectivity index (χ1n) is 10.7. The summed E-state index contributed by atoms with van der Waals surface area (Å²) in [5, 5.41) is 2.86. The van der Waals surface area contributed by atoms with Crippen LogP contribution in [0.2, 0.25) is 0 Å². The molecule has 2 N–H and O–H groups in total. The molecule has 0 bridgehead atoms. The van der Waals surface area contributed by atoms with Crippen molar-refractivity contribution >= 4 is 63.8 Å². The highest BCUT2D eigenvalue weighted by atomic mass is 32.2. The van der Waals surface area contributed by atoms with Crippen molar-refractivity contribution in [3.05, 3.63) is 84.9 Å². The lowest BCUT2D eigenvalue weighted by atomic mass is 9.90. The number of para-hydroxylation sites is 2. The molecule has 36 heavy (non-hydrogen) atoms. The third-order valence-corrected chi connectivity index (χ3v) is 7.85. The normalized spacial score (nSPS) is 12.6. The van der Waals surface area contributed by atoms with Gasteiger partial charge in [0.25, 0.3) is 20.2 Å². The Balaban J connectivity index is 1.85. The van der Waals surface area contributed by atoms with Gasteiger partial charge in [0.1, 0.15) is 0 Å². The van der Waals surface area contributed by atoms with Crippen molar-refractivity contribution in [1.29, 1.82) is 0 Å². The number of rotatable bonds is 3. The lowest BCUT2D eigenvalue weighted by Crippen LogP contribution is -2.00. The van der Waals surface area contributed by atoms with Crippen LogP contribution in [0.25, 0.3) is 54.7 Å². The van der Waals surface area contributed by atoms with Crippen LogP contribution in [0.3, 0.4) is 0 Å². The average Bonchev–Trinajstić information content (AvgIpc) is 2.84. The molecule has 0 atom stereocenters. The number of pyridine rings is 2. The van der Waals surface area contributed by atoms with Crippen LogP contribution in [0.1, 0.15) is 0 Å². The van der Waals surface area contributed by atoms with E-state index in [1.807, 2.05) is 36.4 Å². The molecule has 6 aromatic rings. The van der Waals surface area contributed by atoms with Crippen LogP contribution in [-0.4, -0.2) is 35.9 Å². The van der Waals surface area contributed by atoms with E-state index in [1.54, 1.807) is 24.3 Å². The van der Waals surface area contributed by atoms with Crippen LogP contribution in [0, 0.1) is 0 Å². The van der Waals surface area contributed by atoms with Gasteiger partial charge in [-0.1, -0.05) is 48.5 Å². The third kappa shape index (κ3) is 3.59. The number of benzene rings is 4. The van der Waals surface area contributed by atoms with Crippen molar-refractivity contribution in [1.82, 2.24) is 9.97 Å².